The van der Waals surface area contributed by atoms with E-state index in [0.29, 0.717) is 43.7 Å². The molecule has 1 fully saturated rings. The number of aryl methyl sites for hydroxylation is 2. The van der Waals surface area contributed by atoms with Crippen LogP contribution in [0.4, 0.5) is 11.4 Å². The van der Waals surface area contributed by atoms with Gasteiger partial charge in [-0.25, -0.2) is 13.1 Å². The minimum absolute atomic E-state index is 0.0733. The number of non-ortho nitro benzene ring substituents is 1. The van der Waals surface area contributed by atoms with Gasteiger partial charge in [-0.2, -0.15) is 9.40 Å². The number of anilines is 1. The zero-order chi connectivity index (χ0) is 26.0. The van der Waals surface area contributed by atoms with E-state index in [-0.39, 0.29) is 27.9 Å². The molecule has 11 nitrogen and oxygen atoms in total. The number of hydrogen-bond acceptors (Lipinski definition) is 7. The number of nitro groups is 1. The van der Waals surface area contributed by atoms with Crippen molar-refractivity contribution in [1.29, 1.82) is 0 Å². The van der Waals surface area contributed by atoms with E-state index in [1.54, 1.807) is 19.9 Å². The molecule has 3 aromatic rings. The molecule has 1 aromatic heterocycles. The van der Waals surface area contributed by atoms with E-state index < -0.39 is 20.9 Å². The molecular formula is C24H27N5O6S. The maximum absolute atomic E-state index is 13.3. The molecule has 12 heteroatoms. The number of nitrogens with one attached hydrogen (secondary N) is 1. The standard InChI is InChI=1S/C24H27N5O6S/c1-4-28-24(17(3)22(26-28)23(30)25-18-9-7-8-16(2)14-18)35-20-11-10-19(29(31)32)15-21(20)36(33,34)27-12-5-6-13-27/h7-11,14-15H,4-6,12-13H2,1-3H3,(H,25,30). The van der Waals surface area contributed by atoms with Crippen LogP contribution < -0.4 is 10.1 Å². The van der Waals surface area contributed by atoms with Gasteiger partial charge in [0.1, 0.15) is 10.6 Å². The fraction of sp³-hybridized carbons (Fsp3) is 0.333. The number of sulfonamides is 1. The second-order valence-corrected chi connectivity index (χ2v) is 10.4. The fourth-order valence-electron chi connectivity index (χ4n) is 4.08. The van der Waals surface area contributed by atoms with Crippen molar-refractivity contribution in [3.05, 3.63) is 69.4 Å². The minimum atomic E-state index is -4.04. The van der Waals surface area contributed by atoms with E-state index >= 15 is 0 Å². The van der Waals surface area contributed by atoms with Crippen molar-refractivity contribution in [3.63, 3.8) is 0 Å². The Bertz CT molecular complexity index is 1430. The van der Waals surface area contributed by atoms with Crippen molar-refractivity contribution in [1.82, 2.24) is 14.1 Å². The molecule has 190 valence electrons. The van der Waals surface area contributed by atoms with Crippen molar-refractivity contribution >= 4 is 27.3 Å². The average Bonchev–Trinajstić information content (AvgIpc) is 3.49. The van der Waals surface area contributed by atoms with E-state index in [1.807, 2.05) is 25.1 Å². The van der Waals surface area contributed by atoms with Gasteiger partial charge in [0, 0.05) is 43.0 Å². The van der Waals surface area contributed by atoms with E-state index in [2.05, 4.69) is 10.4 Å². The highest BCUT2D eigenvalue weighted by Gasteiger charge is 2.33. The van der Waals surface area contributed by atoms with Crippen molar-refractivity contribution in [2.24, 2.45) is 0 Å². The highest BCUT2D eigenvalue weighted by molar-refractivity contribution is 7.89. The lowest BCUT2D eigenvalue weighted by molar-refractivity contribution is -0.385. The van der Waals surface area contributed by atoms with Gasteiger partial charge in [0.25, 0.3) is 11.6 Å². The van der Waals surface area contributed by atoms with Crippen LogP contribution >= 0.6 is 0 Å². The van der Waals surface area contributed by atoms with Gasteiger partial charge in [-0.3, -0.25) is 14.9 Å². The third kappa shape index (κ3) is 4.95. The molecule has 0 aliphatic carbocycles. The highest BCUT2D eigenvalue weighted by atomic mass is 32.2. The van der Waals surface area contributed by atoms with Crippen molar-refractivity contribution in [2.75, 3.05) is 18.4 Å². The molecule has 0 spiro atoms. The molecular weight excluding hydrogens is 486 g/mol. The summed E-state index contributed by atoms with van der Waals surface area (Å²) in [5.74, 6) is -0.335. The normalized spacial score (nSPS) is 14.1. The van der Waals surface area contributed by atoms with Crippen LogP contribution in [0.15, 0.2) is 47.4 Å². The Morgan fingerprint density at radius 2 is 1.89 bits per heavy atom. The quantitative estimate of drug-likeness (QED) is 0.351. The van der Waals surface area contributed by atoms with Gasteiger partial charge in [0.15, 0.2) is 5.69 Å². The van der Waals surface area contributed by atoms with Gasteiger partial charge < -0.3 is 10.1 Å². The Balaban J connectivity index is 1.72. The number of carbonyl (C=O) groups excluding carboxylic acids is 1. The van der Waals surface area contributed by atoms with Crippen LogP contribution in [0.3, 0.4) is 0 Å². The topological polar surface area (TPSA) is 137 Å². The predicted octanol–water partition coefficient (Wildman–Crippen LogP) is 4.26. The Morgan fingerprint density at radius 1 is 1.17 bits per heavy atom. The van der Waals surface area contributed by atoms with Gasteiger partial charge in [0.2, 0.25) is 15.9 Å². The molecule has 0 unspecified atom stereocenters. The number of amides is 1. The smallest absolute Gasteiger partial charge is 0.276 e. The van der Waals surface area contributed by atoms with Gasteiger partial charge in [-0.15, -0.1) is 0 Å². The first-order valence-corrected chi connectivity index (χ1v) is 13.0. The van der Waals surface area contributed by atoms with Crippen LogP contribution in [0.1, 0.15) is 41.4 Å². The summed E-state index contributed by atoms with van der Waals surface area (Å²) in [6.07, 6.45) is 1.43. The van der Waals surface area contributed by atoms with E-state index in [9.17, 15) is 23.3 Å². The number of nitro benzene ring substituents is 1. The Labute approximate surface area is 208 Å². The molecule has 1 aliphatic heterocycles. The zero-order valence-electron chi connectivity index (χ0n) is 20.2. The van der Waals surface area contributed by atoms with Gasteiger partial charge in [-0.1, -0.05) is 12.1 Å². The SMILES string of the molecule is CCn1nc(C(=O)Nc2cccc(C)c2)c(C)c1Oc1ccc([N+](=O)[O-])cc1S(=O)(=O)N1CCCC1. The maximum atomic E-state index is 13.3. The first-order valence-electron chi connectivity index (χ1n) is 11.5. The molecule has 1 saturated heterocycles. The van der Waals surface area contributed by atoms with Gasteiger partial charge >= 0.3 is 0 Å². The second kappa shape index (κ2) is 10.1. The van der Waals surface area contributed by atoms with Gasteiger partial charge in [-0.05, 0) is 57.4 Å². The molecule has 2 aromatic carbocycles. The van der Waals surface area contributed by atoms with Crippen molar-refractivity contribution in [2.45, 2.75) is 45.1 Å². The van der Waals surface area contributed by atoms with E-state index in [1.165, 1.54) is 21.1 Å². The third-order valence-electron chi connectivity index (χ3n) is 5.95. The molecule has 4 rings (SSSR count). The van der Waals surface area contributed by atoms with Crippen molar-refractivity contribution in [3.8, 4) is 11.6 Å². The lowest BCUT2D eigenvalue weighted by Crippen LogP contribution is -2.28. The Hall–Kier alpha value is -3.77. The number of ether oxygens (including phenoxy) is 1. The first-order chi connectivity index (χ1) is 17.1. The molecule has 36 heavy (non-hydrogen) atoms. The predicted molar refractivity (Wildman–Crippen MR) is 133 cm³/mol. The minimum Gasteiger partial charge on any atom is -0.438 e. The fourth-order valence-corrected chi connectivity index (χ4v) is 5.73. The summed E-state index contributed by atoms with van der Waals surface area (Å²) in [7, 11) is -4.04. The number of hydrogen-bond donors (Lipinski definition) is 1. The summed E-state index contributed by atoms with van der Waals surface area (Å²) < 4.78 is 35.5. The zero-order valence-corrected chi connectivity index (χ0v) is 21.0. The molecule has 0 saturated carbocycles. The summed E-state index contributed by atoms with van der Waals surface area (Å²) in [6, 6.07) is 10.8. The molecule has 1 N–H and O–H groups in total. The van der Waals surface area contributed by atoms with Crippen LogP contribution in [0.25, 0.3) is 0 Å². The first kappa shape index (κ1) is 25.3. The number of rotatable bonds is 8. The Kier molecular flexibility index (Phi) is 7.09. The second-order valence-electron chi connectivity index (χ2n) is 8.52. The monoisotopic (exact) mass is 513 g/mol. The van der Waals surface area contributed by atoms with Crippen LogP contribution in [-0.4, -0.2) is 46.4 Å². The van der Waals surface area contributed by atoms with Crippen LogP contribution in [-0.2, 0) is 16.6 Å². The van der Waals surface area contributed by atoms with Crippen molar-refractivity contribution < 1.29 is 22.9 Å². The van der Waals surface area contributed by atoms with E-state index in [4.69, 9.17) is 4.74 Å². The van der Waals surface area contributed by atoms with Crippen LogP contribution in [0.5, 0.6) is 11.6 Å². The molecule has 1 aliphatic rings. The average molecular weight is 514 g/mol. The summed E-state index contributed by atoms with van der Waals surface area (Å²) >= 11 is 0. The molecule has 2 heterocycles. The summed E-state index contributed by atoms with van der Waals surface area (Å²) in [5.41, 5.74) is 1.77. The molecule has 0 atom stereocenters. The lowest BCUT2D eigenvalue weighted by atomic mass is 10.2. The third-order valence-corrected chi connectivity index (χ3v) is 7.87. The number of carbonyl (C=O) groups is 1. The summed E-state index contributed by atoms with van der Waals surface area (Å²) in [5, 5.41) is 18.6. The summed E-state index contributed by atoms with van der Waals surface area (Å²) in [6.45, 7) is 6.38. The Morgan fingerprint density at radius 3 is 2.53 bits per heavy atom. The van der Waals surface area contributed by atoms with Crippen LogP contribution in [0, 0.1) is 24.0 Å². The molecule has 1 amide bonds. The summed E-state index contributed by atoms with van der Waals surface area (Å²) in [4.78, 5) is 23.4. The maximum Gasteiger partial charge on any atom is 0.276 e. The van der Waals surface area contributed by atoms with Gasteiger partial charge in [0.05, 0.1) is 4.92 Å². The molecule has 0 radical (unpaired) electrons. The van der Waals surface area contributed by atoms with E-state index in [0.717, 1.165) is 11.6 Å². The van der Waals surface area contributed by atoms with Crippen LogP contribution in [0.2, 0.25) is 0 Å². The highest BCUT2D eigenvalue weighted by Crippen LogP contribution is 2.36. The lowest BCUT2D eigenvalue weighted by Gasteiger charge is -2.18. The molecule has 0 bridgehead atoms. The number of nitrogens with zero attached hydrogens (tertiary/aromatic N) is 4. The largest absolute Gasteiger partial charge is 0.438 e. The number of benzene rings is 2. The number of aromatic nitrogens is 2.